The summed E-state index contributed by atoms with van der Waals surface area (Å²) in [5.74, 6) is -2.98. The van der Waals surface area contributed by atoms with Crippen LogP contribution in [-0.4, -0.2) is 72.2 Å². The summed E-state index contributed by atoms with van der Waals surface area (Å²) in [4.78, 5) is 53.8. The Hall–Kier alpha value is -3.30. The van der Waals surface area contributed by atoms with E-state index < -0.39 is 65.0 Å². The zero-order valence-electron chi connectivity index (χ0n) is 27.2. The second-order valence-corrected chi connectivity index (χ2v) is 13.7. The molecular formula is C35H47NO8. The van der Waals surface area contributed by atoms with Crippen molar-refractivity contribution in [1.82, 2.24) is 4.90 Å². The van der Waals surface area contributed by atoms with Crippen LogP contribution in [0.15, 0.2) is 53.6 Å². The Morgan fingerprint density at radius 2 is 1.66 bits per heavy atom. The molecule has 44 heavy (non-hydrogen) atoms. The number of nitrogens with zero attached hydrogens (tertiary/aromatic N) is 1. The average Bonchev–Trinajstić information content (AvgIpc) is 2.93. The van der Waals surface area contributed by atoms with Gasteiger partial charge in [-0.25, -0.2) is 0 Å². The maximum Gasteiger partial charge on any atom is 0.308 e. The Bertz CT molecular complexity index is 1350. The van der Waals surface area contributed by atoms with Crippen LogP contribution in [0.1, 0.15) is 78.8 Å². The van der Waals surface area contributed by atoms with Crippen LogP contribution in [0.3, 0.4) is 0 Å². The summed E-state index contributed by atoms with van der Waals surface area (Å²) in [5, 5.41) is 12.2. The second-order valence-electron chi connectivity index (χ2n) is 13.7. The number of allylic oxidation sites excluding steroid dienone is 1. The zero-order valence-corrected chi connectivity index (χ0v) is 27.2. The van der Waals surface area contributed by atoms with Gasteiger partial charge in [0.15, 0.2) is 11.9 Å². The van der Waals surface area contributed by atoms with Crippen molar-refractivity contribution in [2.24, 2.45) is 22.7 Å². The van der Waals surface area contributed by atoms with Crippen molar-refractivity contribution < 1.29 is 38.5 Å². The Kier molecular flexibility index (Phi) is 9.62. The number of ketones is 1. The minimum Gasteiger partial charge on any atom is -0.458 e. The fourth-order valence-electron chi connectivity index (χ4n) is 8.08. The lowest BCUT2D eigenvalue weighted by Crippen LogP contribution is -2.63. The number of Topliss-reactive ketones (excluding diaryl/α,β-unsaturated/α-hetero) is 1. The minimum absolute atomic E-state index is 0.0976. The number of ether oxygens (including phenoxy) is 3. The van der Waals surface area contributed by atoms with Crippen LogP contribution in [0.25, 0.3) is 0 Å². The van der Waals surface area contributed by atoms with E-state index in [1.807, 2.05) is 70.1 Å². The highest BCUT2D eigenvalue weighted by Gasteiger charge is 2.63. The monoisotopic (exact) mass is 609 g/mol. The first-order chi connectivity index (χ1) is 20.5. The first-order valence-electron chi connectivity index (χ1n) is 15.4. The molecular weight excluding hydrogens is 562 g/mol. The summed E-state index contributed by atoms with van der Waals surface area (Å²) in [5.41, 5.74) is 0.757. The van der Waals surface area contributed by atoms with E-state index in [1.165, 1.54) is 13.8 Å². The first-order valence-corrected chi connectivity index (χ1v) is 15.4. The van der Waals surface area contributed by atoms with E-state index in [0.29, 0.717) is 29.6 Å². The van der Waals surface area contributed by atoms with Gasteiger partial charge in [-0.3, -0.25) is 19.2 Å². The smallest absolute Gasteiger partial charge is 0.308 e. The van der Waals surface area contributed by atoms with Crippen LogP contribution in [0, 0.1) is 22.7 Å². The predicted molar refractivity (Wildman–Crippen MR) is 164 cm³/mol. The minimum atomic E-state index is -1.08. The summed E-state index contributed by atoms with van der Waals surface area (Å²) in [6.07, 6.45) is -2.87. The van der Waals surface area contributed by atoms with E-state index in [9.17, 15) is 24.3 Å². The zero-order chi connectivity index (χ0) is 32.7. The largest absolute Gasteiger partial charge is 0.458 e. The first kappa shape index (κ1) is 33.6. The van der Waals surface area contributed by atoms with Crippen molar-refractivity contribution in [2.75, 3.05) is 14.1 Å². The summed E-state index contributed by atoms with van der Waals surface area (Å²) in [6, 6.07) is 9.53. The fraction of sp³-hybridized carbons (Fsp3) is 0.600. The van der Waals surface area contributed by atoms with Crippen molar-refractivity contribution in [2.45, 2.75) is 97.7 Å². The fourth-order valence-corrected chi connectivity index (χ4v) is 8.08. The molecule has 2 fully saturated rings. The van der Waals surface area contributed by atoms with Gasteiger partial charge in [-0.05, 0) is 61.6 Å². The number of carbonyl (C=O) groups excluding carboxylic acids is 4. The topological polar surface area (TPSA) is 119 Å². The van der Waals surface area contributed by atoms with Gasteiger partial charge < -0.3 is 24.2 Å². The van der Waals surface area contributed by atoms with Gasteiger partial charge in [0.1, 0.15) is 12.2 Å². The highest BCUT2D eigenvalue weighted by atomic mass is 16.6. The Balaban J connectivity index is 1.75. The molecule has 2 bridgehead atoms. The van der Waals surface area contributed by atoms with Crippen molar-refractivity contribution >= 4 is 23.7 Å². The number of aliphatic hydroxyl groups excluding tert-OH is 1. The summed E-state index contributed by atoms with van der Waals surface area (Å²) < 4.78 is 18.0. The number of hydrogen-bond donors (Lipinski definition) is 1. The van der Waals surface area contributed by atoms with Crippen molar-refractivity contribution in [3.63, 3.8) is 0 Å². The molecule has 0 aromatic heterocycles. The van der Waals surface area contributed by atoms with Gasteiger partial charge in [0.2, 0.25) is 0 Å². The third-order valence-corrected chi connectivity index (χ3v) is 10.3. The quantitative estimate of drug-likeness (QED) is 0.266. The number of fused-ring (bicyclic) bond motifs is 3. The molecule has 0 spiro atoms. The molecule has 4 rings (SSSR count). The number of hydrogen-bond acceptors (Lipinski definition) is 9. The molecule has 0 amide bonds. The summed E-state index contributed by atoms with van der Waals surface area (Å²) in [7, 11) is 3.82. The maximum absolute atomic E-state index is 13.4. The Morgan fingerprint density at radius 1 is 1.05 bits per heavy atom. The molecule has 2 saturated carbocycles. The third-order valence-electron chi connectivity index (χ3n) is 10.3. The lowest BCUT2D eigenvalue weighted by atomic mass is 9.49. The van der Waals surface area contributed by atoms with Crippen LogP contribution >= 0.6 is 0 Å². The molecule has 240 valence electrons. The summed E-state index contributed by atoms with van der Waals surface area (Å²) in [6.45, 7) is 14.4. The van der Waals surface area contributed by atoms with E-state index in [4.69, 9.17) is 14.2 Å². The molecule has 1 N–H and O–H groups in total. The standard InChI is InChI=1S/C35H47NO8/c1-19-26(39)17-24-31(41)29-20(2)27(44-28(40)18-25(36(8)9)23-13-11-10-12-14-23)15-16-35(29,7)33(43-22(4)38)32(42-21(3)37)30(19)34(24,5)6/h10-14,24-25,27,29,31-33,41H,2,15-18H2,1,3-9H3/t24-,25?,27?,29-,31?,32?,33?,35+/m0/s1. The van der Waals surface area contributed by atoms with E-state index in [1.54, 1.807) is 6.92 Å². The molecule has 3 aliphatic carbocycles. The van der Waals surface area contributed by atoms with Crippen LogP contribution < -0.4 is 0 Å². The van der Waals surface area contributed by atoms with Crippen LogP contribution in [0.4, 0.5) is 0 Å². The molecule has 9 nitrogen and oxygen atoms in total. The predicted octanol–water partition coefficient (Wildman–Crippen LogP) is 4.73. The van der Waals surface area contributed by atoms with Gasteiger partial charge in [0.25, 0.3) is 0 Å². The third kappa shape index (κ3) is 6.13. The second kappa shape index (κ2) is 12.6. The van der Waals surface area contributed by atoms with Crippen LogP contribution in [-0.2, 0) is 33.4 Å². The molecule has 5 unspecified atom stereocenters. The van der Waals surface area contributed by atoms with Crippen molar-refractivity contribution in [3.8, 4) is 0 Å². The molecule has 0 aliphatic heterocycles. The molecule has 8 atom stereocenters. The number of rotatable bonds is 7. The Morgan fingerprint density at radius 3 is 2.23 bits per heavy atom. The highest BCUT2D eigenvalue weighted by molar-refractivity contribution is 5.97. The van der Waals surface area contributed by atoms with E-state index >= 15 is 0 Å². The molecule has 1 aromatic rings. The van der Waals surface area contributed by atoms with Gasteiger partial charge in [-0.1, -0.05) is 57.7 Å². The molecule has 0 saturated heterocycles. The molecule has 1 aromatic carbocycles. The highest BCUT2D eigenvalue weighted by Crippen LogP contribution is 2.59. The van der Waals surface area contributed by atoms with Crippen LogP contribution in [0.2, 0.25) is 0 Å². The number of benzene rings is 1. The lowest BCUT2D eigenvalue weighted by Gasteiger charge is -2.58. The van der Waals surface area contributed by atoms with E-state index in [2.05, 4.69) is 6.58 Å². The SMILES string of the molecule is C=C1C(OC(=O)CC(c2ccccc2)N(C)C)CC[C@@]2(C)C(OC(C)=O)C(OC(C)=O)C3=C(C)C(=O)C[C@@H](C(O)[C@H]12)C3(C)C. The molecule has 0 radical (unpaired) electrons. The lowest BCUT2D eigenvalue weighted by molar-refractivity contribution is -0.196. The van der Waals surface area contributed by atoms with E-state index in [-0.39, 0.29) is 24.7 Å². The van der Waals surface area contributed by atoms with Crippen LogP contribution in [0.5, 0.6) is 0 Å². The normalized spacial score (nSPS) is 32.2. The molecule has 0 heterocycles. The van der Waals surface area contributed by atoms with Crippen molar-refractivity contribution in [3.05, 3.63) is 59.2 Å². The molecule has 3 aliphatic rings. The average molecular weight is 610 g/mol. The van der Waals surface area contributed by atoms with Gasteiger partial charge >= 0.3 is 17.9 Å². The van der Waals surface area contributed by atoms with Gasteiger partial charge in [0.05, 0.1) is 12.5 Å². The summed E-state index contributed by atoms with van der Waals surface area (Å²) >= 11 is 0. The van der Waals surface area contributed by atoms with Gasteiger partial charge in [-0.15, -0.1) is 0 Å². The Labute approximate surface area is 260 Å². The van der Waals surface area contributed by atoms with E-state index in [0.717, 1.165) is 5.56 Å². The number of aliphatic hydroxyl groups is 1. The maximum atomic E-state index is 13.4. The van der Waals surface area contributed by atoms with Gasteiger partial charge in [0, 0.05) is 43.6 Å². The molecule has 9 heteroatoms. The number of carbonyl (C=O) groups is 4. The number of esters is 3. The van der Waals surface area contributed by atoms with Gasteiger partial charge in [-0.2, -0.15) is 0 Å². The van der Waals surface area contributed by atoms with Crippen molar-refractivity contribution in [1.29, 1.82) is 0 Å².